The summed E-state index contributed by atoms with van der Waals surface area (Å²) < 4.78 is 12.7. The lowest BCUT2D eigenvalue weighted by molar-refractivity contribution is 0.0917. The Morgan fingerprint density at radius 2 is 2.05 bits per heavy atom. The van der Waals surface area contributed by atoms with Crippen LogP contribution in [0.4, 0.5) is 4.39 Å². The number of halogens is 1. The van der Waals surface area contributed by atoms with E-state index in [1.54, 1.807) is 0 Å². The number of amides is 1. The minimum atomic E-state index is -0.718. The molecule has 0 saturated heterocycles. The molecule has 1 heterocycles. The van der Waals surface area contributed by atoms with E-state index in [2.05, 4.69) is 5.32 Å². The van der Waals surface area contributed by atoms with Gasteiger partial charge in [0.25, 0.3) is 5.91 Å². The van der Waals surface area contributed by atoms with Crippen LogP contribution in [0.25, 0.3) is 0 Å². The molecule has 2 aromatic rings. The first kappa shape index (κ1) is 13.7. The van der Waals surface area contributed by atoms with E-state index < -0.39 is 6.10 Å². The Bertz CT molecular complexity index is 565. The number of aliphatic hydroxyl groups excluding tert-OH is 1. The second-order valence-electron chi connectivity index (χ2n) is 4.20. The third-order valence-corrected chi connectivity index (χ3v) is 3.89. The van der Waals surface area contributed by atoms with Crippen molar-refractivity contribution in [3.63, 3.8) is 0 Å². The monoisotopic (exact) mass is 279 g/mol. The predicted octanol–water partition coefficient (Wildman–Crippen LogP) is 2.66. The molecule has 0 fully saturated rings. The first-order valence-corrected chi connectivity index (χ1v) is 6.71. The summed E-state index contributed by atoms with van der Waals surface area (Å²) in [5.74, 6) is -0.709. The zero-order valence-electron chi connectivity index (χ0n) is 10.4. The summed E-state index contributed by atoms with van der Waals surface area (Å²) >= 11 is 1.46. The second-order valence-corrected chi connectivity index (χ2v) is 5.15. The van der Waals surface area contributed by atoms with Gasteiger partial charge in [0.1, 0.15) is 11.9 Å². The summed E-state index contributed by atoms with van der Waals surface area (Å²) in [5, 5.41) is 14.5. The SMILES string of the molecule is Cc1ccsc1C(O)CNC(=O)c1ccc(F)cc1. The highest BCUT2D eigenvalue weighted by molar-refractivity contribution is 7.10. The van der Waals surface area contributed by atoms with E-state index in [1.165, 1.54) is 35.6 Å². The Balaban J connectivity index is 1.94. The summed E-state index contributed by atoms with van der Waals surface area (Å²) in [5.41, 5.74) is 1.38. The van der Waals surface area contributed by atoms with E-state index in [0.717, 1.165) is 10.4 Å². The number of carbonyl (C=O) groups is 1. The standard InChI is InChI=1S/C14H14FNO2S/c1-9-6-7-19-13(9)12(17)8-16-14(18)10-2-4-11(15)5-3-10/h2-7,12,17H,8H2,1H3,(H,16,18). The molecule has 0 aliphatic carbocycles. The molecule has 1 amide bonds. The Morgan fingerprint density at radius 1 is 1.37 bits per heavy atom. The van der Waals surface area contributed by atoms with Gasteiger partial charge >= 0.3 is 0 Å². The summed E-state index contributed by atoms with van der Waals surface area (Å²) in [6, 6.07) is 7.20. The fourth-order valence-corrected chi connectivity index (χ4v) is 2.62. The summed E-state index contributed by atoms with van der Waals surface area (Å²) in [4.78, 5) is 12.6. The van der Waals surface area contributed by atoms with Crippen LogP contribution in [0.3, 0.4) is 0 Å². The van der Waals surface area contributed by atoms with Crippen LogP contribution in [0.15, 0.2) is 35.7 Å². The van der Waals surface area contributed by atoms with Gasteiger partial charge in [-0.2, -0.15) is 0 Å². The Hall–Kier alpha value is -1.72. The highest BCUT2D eigenvalue weighted by Crippen LogP contribution is 2.23. The van der Waals surface area contributed by atoms with E-state index in [9.17, 15) is 14.3 Å². The molecule has 1 aromatic heterocycles. The fraction of sp³-hybridized carbons (Fsp3) is 0.214. The van der Waals surface area contributed by atoms with Gasteiger partial charge in [-0.15, -0.1) is 11.3 Å². The van der Waals surface area contributed by atoms with Crippen molar-refractivity contribution >= 4 is 17.2 Å². The lowest BCUT2D eigenvalue weighted by atomic mass is 10.2. The number of carbonyl (C=O) groups excluding carboxylic acids is 1. The molecular formula is C14H14FNO2S. The van der Waals surface area contributed by atoms with Crippen molar-refractivity contribution in [3.8, 4) is 0 Å². The zero-order chi connectivity index (χ0) is 13.8. The third-order valence-electron chi connectivity index (χ3n) is 2.77. The number of benzene rings is 1. The highest BCUT2D eigenvalue weighted by atomic mass is 32.1. The van der Waals surface area contributed by atoms with Crippen LogP contribution in [0.1, 0.15) is 26.9 Å². The quantitative estimate of drug-likeness (QED) is 0.904. The Labute approximate surface area is 114 Å². The van der Waals surface area contributed by atoms with E-state index >= 15 is 0 Å². The van der Waals surface area contributed by atoms with Gasteiger partial charge in [-0.1, -0.05) is 0 Å². The summed E-state index contributed by atoms with van der Waals surface area (Å²) in [7, 11) is 0. The Kier molecular flexibility index (Phi) is 4.29. The molecule has 1 unspecified atom stereocenters. The van der Waals surface area contributed by atoms with Crippen LogP contribution < -0.4 is 5.32 Å². The van der Waals surface area contributed by atoms with E-state index in [0.29, 0.717) is 5.56 Å². The molecule has 3 nitrogen and oxygen atoms in total. The number of aryl methyl sites for hydroxylation is 1. The maximum Gasteiger partial charge on any atom is 0.251 e. The van der Waals surface area contributed by atoms with Gasteiger partial charge in [0.2, 0.25) is 0 Å². The normalized spacial score (nSPS) is 12.2. The molecule has 2 N–H and O–H groups in total. The largest absolute Gasteiger partial charge is 0.386 e. The maximum atomic E-state index is 12.7. The first-order chi connectivity index (χ1) is 9.08. The van der Waals surface area contributed by atoms with Crippen molar-refractivity contribution in [2.45, 2.75) is 13.0 Å². The van der Waals surface area contributed by atoms with Crippen molar-refractivity contribution in [2.24, 2.45) is 0 Å². The van der Waals surface area contributed by atoms with Gasteiger partial charge in [0.15, 0.2) is 0 Å². The van der Waals surface area contributed by atoms with Crippen LogP contribution in [0, 0.1) is 12.7 Å². The number of aliphatic hydroxyl groups is 1. The van der Waals surface area contributed by atoms with Crippen LogP contribution in [0.5, 0.6) is 0 Å². The van der Waals surface area contributed by atoms with Crippen molar-refractivity contribution < 1.29 is 14.3 Å². The van der Waals surface area contributed by atoms with Crippen LogP contribution in [-0.4, -0.2) is 17.6 Å². The summed E-state index contributed by atoms with van der Waals surface area (Å²) in [6.45, 7) is 2.05. The second kappa shape index (κ2) is 5.95. The Morgan fingerprint density at radius 3 is 2.63 bits per heavy atom. The van der Waals surface area contributed by atoms with Gasteiger partial charge in [-0.25, -0.2) is 4.39 Å². The minimum absolute atomic E-state index is 0.136. The first-order valence-electron chi connectivity index (χ1n) is 5.83. The number of hydrogen-bond acceptors (Lipinski definition) is 3. The molecule has 0 bridgehead atoms. The number of rotatable bonds is 4. The van der Waals surface area contributed by atoms with Gasteiger partial charge in [0, 0.05) is 17.0 Å². The fourth-order valence-electron chi connectivity index (χ4n) is 1.71. The molecule has 5 heteroatoms. The molecule has 2 rings (SSSR count). The minimum Gasteiger partial charge on any atom is -0.386 e. The average molecular weight is 279 g/mol. The van der Waals surface area contributed by atoms with Crippen molar-refractivity contribution in [2.75, 3.05) is 6.54 Å². The van der Waals surface area contributed by atoms with Crippen molar-refractivity contribution in [1.29, 1.82) is 0 Å². The number of thiophene rings is 1. The lowest BCUT2D eigenvalue weighted by Crippen LogP contribution is -2.28. The van der Waals surface area contributed by atoms with Gasteiger partial charge in [-0.05, 0) is 48.2 Å². The number of hydrogen-bond donors (Lipinski definition) is 2. The van der Waals surface area contributed by atoms with Gasteiger partial charge in [0.05, 0.1) is 0 Å². The number of nitrogens with one attached hydrogen (secondary N) is 1. The van der Waals surface area contributed by atoms with E-state index in [-0.39, 0.29) is 18.3 Å². The topological polar surface area (TPSA) is 49.3 Å². The van der Waals surface area contributed by atoms with Crippen molar-refractivity contribution in [3.05, 3.63) is 57.5 Å². The molecular weight excluding hydrogens is 265 g/mol. The lowest BCUT2D eigenvalue weighted by Gasteiger charge is -2.11. The molecule has 0 aliphatic heterocycles. The van der Waals surface area contributed by atoms with Crippen LogP contribution in [0.2, 0.25) is 0 Å². The molecule has 19 heavy (non-hydrogen) atoms. The van der Waals surface area contributed by atoms with Gasteiger partial charge < -0.3 is 10.4 Å². The highest BCUT2D eigenvalue weighted by Gasteiger charge is 2.13. The predicted molar refractivity (Wildman–Crippen MR) is 72.7 cm³/mol. The summed E-state index contributed by atoms with van der Waals surface area (Å²) in [6.07, 6.45) is -0.718. The van der Waals surface area contributed by atoms with Crippen LogP contribution in [-0.2, 0) is 0 Å². The molecule has 0 saturated carbocycles. The van der Waals surface area contributed by atoms with E-state index in [1.807, 2.05) is 18.4 Å². The molecule has 1 aromatic carbocycles. The van der Waals surface area contributed by atoms with Crippen LogP contribution >= 0.6 is 11.3 Å². The maximum absolute atomic E-state index is 12.7. The molecule has 0 radical (unpaired) electrons. The van der Waals surface area contributed by atoms with Crippen molar-refractivity contribution in [1.82, 2.24) is 5.32 Å². The van der Waals surface area contributed by atoms with Gasteiger partial charge in [-0.3, -0.25) is 4.79 Å². The average Bonchev–Trinajstić information content (AvgIpc) is 2.83. The van der Waals surface area contributed by atoms with E-state index in [4.69, 9.17) is 0 Å². The third kappa shape index (κ3) is 3.39. The molecule has 100 valence electrons. The zero-order valence-corrected chi connectivity index (χ0v) is 11.2. The molecule has 0 spiro atoms. The molecule has 1 atom stereocenters. The smallest absolute Gasteiger partial charge is 0.251 e. The molecule has 0 aliphatic rings.